The van der Waals surface area contributed by atoms with E-state index < -0.39 is 35.8 Å². The normalized spacial score (nSPS) is 18.7. The van der Waals surface area contributed by atoms with Gasteiger partial charge in [-0.3, -0.25) is 4.79 Å². The van der Waals surface area contributed by atoms with E-state index in [4.69, 9.17) is 4.74 Å². The number of nitrogens with zero attached hydrogens (tertiary/aromatic N) is 4. The van der Waals surface area contributed by atoms with Crippen LogP contribution in [-0.4, -0.2) is 58.4 Å². The number of carbonyl (C=O) groups excluding carboxylic acids is 1. The van der Waals surface area contributed by atoms with E-state index >= 15 is 0 Å². The van der Waals surface area contributed by atoms with E-state index in [0.717, 1.165) is 17.3 Å². The van der Waals surface area contributed by atoms with Crippen LogP contribution >= 0.6 is 11.3 Å². The third-order valence-electron chi connectivity index (χ3n) is 6.22. The maximum atomic E-state index is 14.4. The number of likely N-dealkylation sites (tertiary alicyclic amines) is 1. The fourth-order valence-corrected chi connectivity index (χ4v) is 4.76. The first-order valence-electron chi connectivity index (χ1n) is 11.8. The van der Waals surface area contributed by atoms with E-state index in [1.807, 2.05) is 11.8 Å². The highest BCUT2D eigenvalue weighted by Crippen LogP contribution is 2.35. The largest absolute Gasteiger partial charge is 0.493 e. The number of aromatic nitrogens is 3. The summed E-state index contributed by atoms with van der Waals surface area (Å²) in [5.41, 5.74) is 1.03. The highest BCUT2D eigenvalue weighted by atomic mass is 32.1. The van der Waals surface area contributed by atoms with E-state index in [-0.39, 0.29) is 36.4 Å². The van der Waals surface area contributed by atoms with Crippen molar-refractivity contribution in [1.82, 2.24) is 25.2 Å². The van der Waals surface area contributed by atoms with Crippen molar-refractivity contribution in [2.75, 3.05) is 26.7 Å². The van der Waals surface area contributed by atoms with Gasteiger partial charge in [-0.05, 0) is 39.1 Å². The molecule has 0 spiro atoms. The van der Waals surface area contributed by atoms with Crippen molar-refractivity contribution in [2.24, 2.45) is 5.92 Å². The van der Waals surface area contributed by atoms with Crippen molar-refractivity contribution in [3.8, 4) is 16.3 Å². The summed E-state index contributed by atoms with van der Waals surface area (Å²) in [5.74, 6) is -5.46. The summed E-state index contributed by atoms with van der Waals surface area (Å²) in [6.45, 7) is 3.70. The van der Waals surface area contributed by atoms with Crippen LogP contribution in [0.1, 0.15) is 46.0 Å². The molecule has 0 radical (unpaired) electrons. The molecule has 1 amide bonds. The van der Waals surface area contributed by atoms with Crippen molar-refractivity contribution in [1.29, 1.82) is 0 Å². The number of rotatable bonds is 7. The molecule has 0 saturated carbocycles. The Morgan fingerprint density at radius 3 is 2.55 bits per heavy atom. The maximum Gasteiger partial charge on any atom is 0.451 e. The molecule has 1 fully saturated rings. The van der Waals surface area contributed by atoms with Crippen LogP contribution in [0.25, 0.3) is 10.6 Å². The molecule has 0 bridgehead atoms. The Morgan fingerprint density at radius 2 is 1.92 bits per heavy atom. The van der Waals surface area contributed by atoms with Gasteiger partial charge in [-0.1, -0.05) is 0 Å². The Labute approximate surface area is 220 Å². The molecule has 7 nitrogen and oxygen atoms in total. The zero-order valence-corrected chi connectivity index (χ0v) is 21.7. The lowest BCUT2D eigenvalue weighted by Gasteiger charge is -2.36. The fourth-order valence-electron chi connectivity index (χ4n) is 4.01. The third-order valence-corrected chi connectivity index (χ3v) is 7.18. The number of thiazole rings is 1. The summed E-state index contributed by atoms with van der Waals surface area (Å²) in [7, 11) is 1.78. The number of carbonyl (C=O) groups is 1. The van der Waals surface area contributed by atoms with Crippen LogP contribution < -0.4 is 10.1 Å². The summed E-state index contributed by atoms with van der Waals surface area (Å²) in [5, 5.41) is 3.33. The lowest BCUT2D eigenvalue weighted by atomic mass is 9.94. The van der Waals surface area contributed by atoms with Gasteiger partial charge in [0.25, 0.3) is 11.8 Å². The van der Waals surface area contributed by atoms with Gasteiger partial charge in [0.15, 0.2) is 0 Å². The molecule has 1 N–H and O–H groups in total. The number of aryl methyl sites for hydroxylation is 1. The molecule has 1 aliphatic rings. The SMILES string of the molecule is Cc1cnc(-c2cc(OC[C@@H]3CN(C)CCC3(F)F)cc(C(=O)N[C@H](C)c3cnc(C(F)(F)F)nc3)c2)s1. The minimum atomic E-state index is -4.67. The number of piperidine rings is 1. The highest BCUT2D eigenvalue weighted by Gasteiger charge is 2.43. The highest BCUT2D eigenvalue weighted by molar-refractivity contribution is 7.14. The third kappa shape index (κ3) is 6.62. The van der Waals surface area contributed by atoms with Crippen molar-refractivity contribution in [3.05, 3.63) is 58.6 Å². The Kier molecular flexibility index (Phi) is 7.98. The monoisotopic (exact) mass is 555 g/mol. The molecular formula is C25H26F5N5O2S. The molecule has 13 heteroatoms. The van der Waals surface area contributed by atoms with E-state index in [1.54, 1.807) is 32.3 Å². The number of halogens is 5. The first-order chi connectivity index (χ1) is 17.8. The maximum absolute atomic E-state index is 14.4. The number of ether oxygens (including phenoxy) is 1. The lowest BCUT2D eigenvalue weighted by molar-refractivity contribution is -0.145. The number of benzene rings is 1. The molecule has 2 atom stereocenters. The standard InChI is InChI=1S/C25H26F5N5O2S/c1-14-9-31-22(38-14)17-6-16(7-20(8-17)37-13-19-12-35(3)5-4-24(19,26)27)21(36)34-15(2)18-10-32-23(33-11-18)25(28,29)30/h6-11,15,19H,4-5,12-13H2,1-3H3,(H,34,36)/t15-,19+/m1/s1. The second-order valence-electron chi connectivity index (χ2n) is 9.34. The van der Waals surface area contributed by atoms with Crippen LogP contribution in [-0.2, 0) is 6.18 Å². The number of hydrogen-bond acceptors (Lipinski definition) is 7. The van der Waals surface area contributed by atoms with Crippen LogP contribution in [0.4, 0.5) is 22.0 Å². The summed E-state index contributed by atoms with van der Waals surface area (Å²) in [6, 6.07) is 3.98. The van der Waals surface area contributed by atoms with Gasteiger partial charge in [0, 0.05) is 59.7 Å². The molecule has 204 valence electrons. The molecule has 1 aliphatic heterocycles. The van der Waals surface area contributed by atoms with E-state index in [0.29, 0.717) is 17.1 Å². The molecular weight excluding hydrogens is 529 g/mol. The molecule has 3 heterocycles. The topological polar surface area (TPSA) is 80.2 Å². The minimum absolute atomic E-state index is 0.178. The second-order valence-corrected chi connectivity index (χ2v) is 10.6. The Balaban J connectivity index is 1.55. The molecule has 0 aliphatic carbocycles. The van der Waals surface area contributed by atoms with Gasteiger partial charge in [0.1, 0.15) is 10.8 Å². The molecule has 1 aromatic carbocycles. The van der Waals surface area contributed by atoms with Crippen molar-refractivity contribution < 1.29 is 31.5 Å². The summed E-state index contributed by atoms with van der Waals surface area (Å²) < 4.78 is 72.9. The summed E-state index contributed by atoms with van der Waals surface area (Å²) in [6.07, 6.45) is -1.24. The van der Waals surface area contributed by atoms with Gasteiger partial charge < -0.3 is 15.0 Å². The Hall–Kier alpha value is -3.19. The first kappa shape index (κ1) is 27.8. The van der Waals surface area contributed by atoms with Crippen molar-refractivity contribution >= 4 is 17.2 Å². The van der Waals surface area contributed by atoms with E-state index in [2.05, 4.69) is 20.3 Å². The van der Waals surface area contributed by atoms with Crippen molar-refractivity contribution in [3.63, 3.8) is 0 Å². The Morgan fingerprint density at radius 1 is 1.21 bits per heavy atom. The van der Waals surface area contributed by atoms with Crippen molar-refractivity contribution in [2.45, 2.75) is 38.4 Å². The second kappa shape index (κ2) is 10.9. The van der Waals surface area contributed by atoms with Gasteiger partial charge in [0.2, 0.25) is 5.82 Å². The van der Waals surface area contributed by atoms with Crippen LogP contribution in [0, 0.1) is 12.8 Å². The molecule has 2 aromatic heterocycles. The molecule has 3 aromatic rings. The zero-order chi connectivity index (χ0) is 27.7. The van der Waals surface area contributed by atoms with Gasteiger partial charge in [-0.15, -0.1) is 11.3 Å². The first-order valence-corrected chi connectivity index (χ1v) is 12.6. The average Bonchev–Trinajstić information content (AvgIpc) is 3.30. The molecule has 1 saturated heterocycles. The molecule has 4 rings (SSSR count). The smallest absolute Gasteiger partial charge is 0.451 e. The number of amides is 1. The number of alkyl halides is 5. The predicted octanol–water partition coefficient (Wildman–Crippen LogP) is 5.38. The Bertz CT molecular complexity index is 1280. The van der Waals surface area contributed by atoms with Crippen LogP contribution in [0.15, 0.2) is 36.8 Å². The van der Waals surface area contributed by atoms with Gasteiger partial charge in [-0.2, -0.15) is 13.2 Å². The number of nitrogens with one attached hydrogen (secondary N) is 1. The van der Waals surface area contributed by atoms with Crippen LogP contribution in [0.2, 0.25) is 0 Å². The van der Waals surface area contributed by atoms with Crippen LogP contribution in [0.3, 0.4) is 0 Å². The minimum Gasteiger partial charge on any atom is -0.493 e. The molecule has 38 heavy (non-hydrogen) atoms. The van der Waals surface area contributed by atoms with E-state index in [9.17, 15) is 26.7 Å². The van der Waals surface area contributed by atoms with Gasteiger partial charge in [-0.25, -0.2) is 23.7 Å². The lowest BCUT2D eigenvalue weighted by Crippen LogP contribution is -2.47. The fraction of sp³-hybridized carbons (Fsp3) is 0.440. The summed E-state index contributed by atoms with van der Waals surface area (Å²) in [4.78, 5) is 26.9. The van der Waals surface area contributed by atoms with Gasteiger partial charge >= 0.3 is 6.18 Å². The average molecular weight is 556 g/mol. The number of hydrogen-bond donors (Lipinski definition) is 1. The quantitative estimate of drug-likeness (QED) is 0.394. The van der Waals surface area contributed by atoms with E-state index in [1.165, 1.54) is 17.4 Å². The summed E-state index contributed by atoms with van der Waals surface area (Å²) >= 11 is 1.40. The van der Waals surface area contributed by atoms with Crippen LogP contribution in [0.5, 0.6) is 5.75 Å². The predicted molar refractivity (Wildman–Crippen MR) is 131 cm³/mol. The molecule has 0 unspecified atom stereocenters. The van der Waals surface area contributed by atoms with Gasteiger partial charge in [0.05, 0.1) is 18.6 Å². The zero-order valence-electron chi connectivity index (χ0n) is 20.9.